The largest absolute Gasteiger partial charge is 0.496 e. The van der Waals surface area contributed by atoms with Crippen LogP contribution in [0.1, 0.15) is 24.0 Å². The summed E-state index contributed by atoms with van der Waals surface area (Å²) < 4.78 is 11.2. The first-order valence-corrected chi connectivity index (χ1v) is 9.16. The van der Waals surface area contributed by atoms with Crippen LogP contribution in [-0.2, 0) is 13.1 Å². The highest BCUT2D eigenvalue weighted by molar-refractivity contribution is 5.91. The Morgan fingerprint density at radius 3 is 2.58 bits per heavy atom. The highest BCUT2D eigenvalue weighted by Crippen LogP contribution is 2.29. The zero-order chi connectivity index (χ0) is 17.8. The molecule has 0 unspecified atom stereocenters. The number of fused-ring (bicyclic) bond motifs is 1. The third kappa shape index (κ3) is 3.97. The lowest BCUT2D eigenvalue weighted by atomic mass is 10.0. The molecule has 4 nitrogen and oxygen atoms in total. The van der Waals surface area contributed by atoms with E-state index in [4.69, 9.17) is 9.47 Å². The van der Waals surface area contributed by atoms with Gasteiger partial charge in [-0.3, -0.25) is 0 Å². The van der Waals surface area contributed by atoms with Crippen molar-refractivity contribution in [2.45, 2.75) is 25.9 Å². The van der Waals surface area contributed by atoms with Gasteiger partial charge in [0.2, 0.25) is 5.88 Å². The van der Waals surface area contributed by atoms with E-state index in [9.17, 15) is 0 Å². The minimum Gasteiger partial charge on any atom is -0.496 e. The van der Waals surface area contributed by atoms with Gasteiger partial charge in [-0.2, -0.15) is 0 Å². The highest BCUT2D eigenvalue weighted by atomic mass is 16.5. The van der Waals surface area contributed by atoms with Gasteiger partial charge in [0.05, 0.1) is 13.7 Å². The summed E-state index contributed by atoms with van der Waals surface area (Å²) in [6.07, 6.45) is 4.48. The van der Waals surface area contributed by atoms with Crippen LogP contribution in [0, 0.1) is 5.92 Å². The van der Waals surface area contributed by atoms with E-state index in [0.29, 0.717) is 0 Å². The number of hydrogen-bond donors (Lipinski definition) is 1. The number of methoxy groups -OCH3 is 1. The molecule has 1 aliphatic carbocycles. The monoisotopic (exact) mass is 348 g/mol. The van der Waals surface area contributed by atoms with Gasteiger partial charge in [-0.25, -0.2) is 4.98 Å². The van der Waals surface area contributed by atoms with Crippen molar-refractivity contribution in [3.05, 3.63) is 65.9 Å². The van der Waals surface area contributed by atoms with E-state index in [2.05, 4.69) is 40.6 Å². The predicted octanol–water partition coefficient (Wildman–Crippen LogP) is 4.32. The molecule has 0 aliphatic heterocycles. The van der Waals surface area contributed by atoms with Gasteiger partial charge in [0.25, 0.3) is 0 Å². The third-order valence-electron chi connectivity index (χ3n) is 4.80. The molecule has 3 aromatic rings. The van der Waals surface area contributed by atoms with Crippen LogP contribution in [0.5, 0.6) is 11.6 Å². The summed E-state index contributed by atoms with van der Waals surface area (Å²) in [4.78, 5) is 4.40. The molecule has 4 rings (SSSR count). The molecule has 1 N–H and O–H groups in total. The van der Waals surface area contributed by atoms with E-state index in [1.807, 2.05) is 24.4 Å². The number of benzene rings is 2. The maximum absolute atomic E-state index is 5.69. The van der Waals surface area contributed by atoms with E-state index in [-0.39, 0.29) is 0 Å². The molecular weight excluding hydrogens is 324 g/mol. The number of aromatic nitrogens is 1. The molecule has 1 heterocycles. The Balaban J connectivity index is 1.36. The lowest BCUT2D eigenvalue weighted by Crippen LogP contribution is -2.13. The van der Waals surface area contributed by atoms with E-state index in [1.54, 1.807) is 7.11 Å². The second-order valence-corrected chi connectivity index (χ2v) is 6.84. The molecule has 1 saturated carbocycles. The number of ether oxygens (including phenoxy) is 2. The molecule has 0 atom stereocenters. The summed E-state index contributed by atoms with van der Waals surface area (Å²) in [6, 6.07) is 16.5. The van der Waals surface area contributed by atoms with Gasteiger partial charge in [0, 0.05) is 30.7 Å². The molecule has 1 aliphatic rings. The fourth-order valence-corrected chi connectivity index (χ4v) is 3.10. The smallest absolute Gasteiger partial charge is 0.213 e. The minimum absolute atomic E-state index is 0.724. The number of hydrogen-bond acceptors (Lipinski definition) is 4. The van der Waals surface area contributed by atoms with E-state index >= 15 is 0 Å². The maximum atomic E-state index is 5.69. The normalized spacial score (nSPS) is 13.7. The van der Waals surface area contributed by atoms with Gasteiger partial charge in [-0.1, -0.05) is 36.4 Å². The van der Waals surface area contributed by atoms with Crippen molar-refractivity contribution in [2.24, 2.45) is 5.92 Å². The average Bonchev–Trinajstić information content (AvgIpc) is 3.52. The lowest BCUT2D eigenvalue weighted by Gasteiger charge is -2.11. The van der Waals surface area contributed by atoms with Crippen molar-refractivity contribution in [1.82, 2.24) is 10.3 Å². The molecule has 1 fully saturated rings. The Bertz CT molecular complexity index is 873. The van der Waals surface area contributed by atoms with Crippen molar-refractivity contribution in [3.63, 3.8) is 0 Å². The topological polar surface area (TPSA) is 43.4 Å². The molecular formula is C22H24N2O2. The van der Waals surface area contributed by atoms with Crippen LogP contribution in [0.25, 0.3) is 10.8 Å². The standard InChI is InChI=1S/C22H24N2O2/c1-25-21-10-9-18(19-4-2-3-5-20(19)21)14-23-12-17-8-11-22(24-13-17)26-15-16-6-7-16/h2-5,8-11,13,16,23H,6-7,12,14-15H2,1H3. The minimum atomic E-state index is 0.724. The molecule has 4 heteroatoms. The lowest BCUT2D eigenvalue weighted by molar-refractivity contribution is 0.288. The molecule has 2 aromatic carbocycles. The Kier molecular flexibility index (Phi) is 5.02. The maximum Gasteiger partial charge on any atom is 0.213 e. The number of rotatable bonds is 8. The van der Waals surface area contributed by atoms with Gasteiger partial charge in [-0.05, 0) is 41.3 Å². The van der Waals surface area contributed by atoms with Crippen LogP contribution in [0.2, 0.25) is 0 Å². The van der Waals surface area contributed by atoms with Crippen LogP contribution in [-0.4, -0.2) is 18.7 Å². The van der Waals surface area contributed by atoms with Crippen LogP contribution in [0.4, 0.5) is 0 Å². The van der Waals surface area contributed by atoms with E-state index in [1.165, 1.54) is 23.8 Å². The zero-order valence-electron chi connectivity index (χ0n) is 15.1. The van der Waals surface area contributed by atoms with E-state index < -0.39 is 0 Å². The van der Waals surface area contributed by atoms with Gasteiger partial charge in [-0.15, -0.1) is 0 Å². The van der Waals surface area contributed by atoms with Crippen molar-refractivity contribution >= 4 is 10.8 Å². The third-order valence-corrected chi connectivity index (χ3v) is 4.80. The fourth-order valence-electron chi connectivity index (χ4n) is 3.10. The molecule has 26 heavy (non-hydrogen) atoms. The van der Waals surface area contributed by atoms with Crippen molar-refractivity contribution in [1.29, 1.82) is 0 Å². The average molecular weight is 348 g/mol. The molecule has 0 radical (unpaired) electrons. The Morgan fingerprint density at radius 2 is 1.85 bits per heavy atom. The summed E-state index contributed by atoms with van der Waals surface area (Å²) in [5.41, 5.74) is 2.42. The second kappa shape index (κ2) is 7.75. The number of nitrogens with zero attached hydrogens (tertiary/aromatic N) is 1. The van der Waals surface area contributed by atoms with Crippen LogP contribution >= 0.6 is 0 Å². The van der Waals surface area contributed by atoms with Crippen molar-refractivity contribution < 1.29 is 9.47 Å². The first kappa shape index (κ1) is 16.9. The fraction of sp³-hybridized carbons (Fsp3) is 0.318. The van der Waals surface area contributed by atoms with Crippen LogP contribution < -0.4 is 14.8 Å². The molecule has 0 saturated heterocycles. The van der Waals surface area contributed by atoms with Crippen LogP contribution in [0.15, 0.2) is 54.7 Å². The quantitative estimate of drug-likeness (QED) is 0.658. The summed E-state index contributed by atoms with van der Waals surface area (Å²) in [5.74, 6) is 2.38. The Morgan fingerprint density at radius 1 is 1.00 bits per heavy atom. The first-order valence-electron chi connectivity index (χ1n) is 9.16. The number of nitrogens with one attached hydrogen (secondary N) is 1. The van der Waals surface area contributed by atoms with Gasteiger partial charge < -0.3 is 14.8 Å². The predicted molar refractivity (Wildman–Crippen MR) is 103 cm³/mol. The summed E-state index contributed by atoms with van der Waals surface area (Å²) >= 11 is 0. The SMILES string of the molecule is COc1ccc(CNCc2ccc(OCC3CC3)nc2)c2ccccc12. The van der Waals surface area contributed by atoms with Crippen LogP contribution in [0.3, 0.4) is 0 Å². The molecule has 1 aromatic heterocycles. The van der Waals surface area contributed by atoms with Gasteiger partial charge in [0.15, 0.2) is 0 Å². The van der Waals surface area contributed by atoms with Crippen molar-refractivity contribution in [2.75, 3.05) is 13.7 Å². The van der Waals surface area contributed by atoms with Gasteiger partial charge in [0.1, 0.15) is 5.75 Å². The summed E-state index contributed by atoms with van der Waals surface area (Å²) in [7, 11) is 1.71. The summed E-state index contributed by atoms with van der Waals surface area (Å²) in [5, 5.41) is 5.88. The molecule has 0 amide bonds. The van der Waals surface area contributed by atoms with Crippen molar-refractivity contribution in [3.8, 4) is 11.6 Å². The Labute approximate surface area is 154 Å². The first-order chi connectivity index (χ1) is 12.8. The summed E-state index contributed by atoms with van der Waals surface area (Å²) in [6.45, 7) is 2.37. The van der Waals surface area contributed by atoms with E-state index in [0.717, 1.165) is 48.2 Å². The molecule has 0 bridgehead atoms. The highest BCUT2D eigenvalue weighted by Gasteiger charge is 2.22. The zero-order valence-corrected chi connectivity index (χ0v) is 15.1. The van der Waals surface area contributed by atoms with Gasteiger partial charge >= 0.3 is 0 Å². The Hall–Kier alpha value is -2.59. The molecule has 134 valence electrons. The molecule has 0 spiro atoms. The number of pyridine rings is 1. The second-order valence-electron chi connectivity index (χ2n) is 6.84.